The minimum atomic E-state index is -0.450. The molecular formula is C13H25BN2O4. The van der Waals surface area contributed by atoms with Crippen LogP contribution >= 0.6 is 0 Å². The van der Waals surface area contributed by atoms with Crippen molar-refractivity contribution in [1.29, 1.82) is 0 Å². The highest BCUT2D eigenvalue weighted by atomic mass is 16.6. The van der Waals surface area contributed by atoms with E-state index in [0.29, 0.717) is 26.3 Å². The van der Waals surface area contributed by atoms with Gasteiger partial charge in [-0.2, -0.15) is 0 Å². The summed E-state index contributed by atoms with van der Waals surface area (Å²) in [6, 6.07) is 0. The maximum atomic E-state index is 12.0. The summed E-state index contributed by atoms with van der Waals surface area (Å²) < 4.78 is 16.9. The second kappa shape index (κ2) is 6.78. The third-order valence-corrected chi connectivity index (χ3v) is 3.38. The van der Waals surface area contributed by atoms with E-state index in [4.69, 9.17) is 14.0 Å². The first-order chi connectivity index (χ1) is 9.46. The Hall–Kier alpha value is -0.785. The van der Waals surface area contributed by atoms with Crippen molar-refractivity contribution >= 4 is 13.2 Å². The van der Waals surface area contributed by atoms with E-state index < -0.39 is 5.60 Å². The smallest absolute Gasteiger partial charge is 0.444 e. The molecule has 0 aromatic carbocycles. The molecule has 2 aliphatic heterocycles. The Morgan fingerprint density at radius 1 is 1.30 bits per heavy atom. The average molecular weight is 284 g/mol. The lowest BCUT2D eigenvalue weighted by Crippen LogP contribution is -2.40. The summed E-state index contributed by atoms with van der Waals surface area (Å²) in [4.78, 5) is 13.8. The molecule has 0 aromatic rings. The molecule has 2 saturated heterocycles. The van der Waals surface area contributed by atoms with Gasteiger partial charge in [0, 0.05) is 45.2 Å². The summed E-state index contributed by atoms with van der Waals surface area (Å²) in [6.07, 6.45) is 0.657. The molecule has 0 aliphatic carbocycles. The number of nitrogens with zero attached hydrogens (tertiary/aromatic N) is 1. The lowest BCUT2D eigenvalue weighted by molar-refractivity contribution is 0.0293. The van der Waals surface area contributed by atoms with Crippen LogP contribution < -0.4 is 5.32 Å². The van der Waals surface area contributed by atoms with E-state index in [-0.39, 0.29) is 19.0 Å². The number of hydrogen-bond acceptors (Lipinski definition) is 5. The number of ether oxygens (including phenoxy) is 1. The highest BCUT2D eigenvalue weighted by molar-refractivity contribution is 6.46. The van der Waals surface area contributed by atoms with Crippen LogP contribution in [0, 0.1) is 0 Å². The Bertz CT molecular complexity index is 327. The Labute approximate surface area is 121 Å². The largest absolute Gasteiger partial charge is 0.462 e. The van der Waals surface area contributed by atoms with Crippen LogP contribution in [0.3, 0.4) is 0 Å². The summed E-state index contributed by atoms with van der Waals surface area (Å²) in [5, 5.41) is 3.22. The van der Waals surface area contributed by atoms with Crippen molar-refractivity contribution in [1.82, 2.24) is 10.2 Å². The second-order valence-electron chi connectivity index (χ2n) is 6.34. The number of amides is 1. The van der Waals surface area contributed by atoms with Gasteiger partial charge >= 0.3 is 13.2 Å². The molecule has 1 unspecified atom stereocenters. The van der Waals surface area contributed by atoms with Gasteiger partial charge in [-0.3, -0.25) is 0 Å². The van der Waals surface area contributed by atoms with Crippen LogP contribution in [0.25, 0.3) is 0 Å². The highest BCUT2D eigenvalue weighted by Gasteiger charge is 2.39. The van der Waals surface area contributed by atoms with Crippen LogP contribution in [0.2, 0.25) is 5.82 Å². The highest BCUT2D eigenvalue weighted by Crippen LogP contribution is 2.27. The molecule has 2 heterocycles. The number of hydrogen-bond donors (Lipinski definition) is 1. The molecule has 7 heteroatoms. The van der Waals surface area contributed by atoms with E-state index in [1.807, 2.05) is 20.8 Å². The van der Waals surface area contributed by atoms with Crippen LogP contribution in [0.1, 0.15) is 27.2 Å². The van der Waals surface area contributed by atoms with Crippen molar-refractivity contribution in [3.05, 3.63) is 0 Å². The fourth-order valence-corrected chi connectivity index (χ4v) is 2.44. The van der Waals surface area contributed by atoms with Crippen molar-refractivity contribution in [3.63, 3.8) is 0 Å². The van der Waals surface area contributed by atoms with Gasteiger partial charge in [-0.05, 0) is 27.2 Å². The predicted molar refractivity (Wildman–Crippen MR) is 76.7 cm³/mol. The zero-order valence-electron chi connectivity index (χ0n) is 12.7. The molecule has 0 radical (unpaired) electrons. The summed E-state index contributed by atoms with van der Waals surface area (Å²) in [7, 11) is -0.204. The average Bonchev–Trinajstić information content (AvgIpc) is 2.75. The first-order valence-electron chi connectivity index (χ1n) is 7.37. The molecule has 1 atom stereocenters. The van der Waals surface area contributed by atoms with E-state index in [1.165, 1.54) is 0 Å². The van der Waals surface area contributed by atoms with Gasteiger partial charge in [-0.25, -0.2) is 4.79 Å². The van der Waals surface area contributed by atoms with Gasteiger partial charge in [0.05, 0.1) is 0 Å². The summed E-state index contributed by atoms with van der Waals surface area (Å²) in [5.74, 6) is 0.237. The van der Waals surface area contributed by atoms with Gasteiger partial charge in [-0.1, -0.05) is 0 Å². The third kappa shape index (κ3) is 4.65. The first kappa shape index (κ1) is 15.6. The number of rotatable bonds is 1. The minimum absolute atomic E-state index is 0.204. The van der Waals surface area contributed by atoms with Crippen LogP contribution in [0.4, 0.5) is 4.79 Å². The molecular weight excluding hydrogens is 259 g/mol. The first-order valence-corrected chi connectivity index (χ1v) is 7.37. The quantitative estimate of drug-likeness (QED) is 0.731. The molecule has 2 aliphatic rings. The van der Waals surface area contributed by atoms with Crippen molar-refractivity contribution in [2.75, 3.05) is 39.4 Å². The monoisotopic (exact) mass is 284 g/mol. The Kier molecular flexibility index (Phi) is 5.29. The molecule has 6 nitrogen and oxygen atoms in total. The van der Waals surface area contributed by atoms with E-state index in [0.717, 1.165) is 19.5 Å². The zero-order valence-corrected chi connectivity index (χ0v) is 12.7. The number of likely N-dealkylation sites (tertiary alicyclic amines) is 1. The predicted octanol–water partition coefficient (Wildman–Crippen LogP) is 1.12. The Morgan fingerprint density at radius 2 is 1.95 bits per heavy atom. The molecule has 0 bridgehead atoms. The van der Waals surface area contributed by atoms with E-state index in [1.54, 1.807) is 4.90 Å². The van der Waals surface area contributed by atoms with Crippen molar-refractivity contribution < 1.29 is 18.8 Å². The molecule has 114 valence electrons. The SMILES string of the molecule is CC(C)(C)OC(=O)N1CCC(B2OCCNCCO2)C1. The van der Waals surface area contributed by atoms with Crippen molar-refractivity contribution in [3.8, 4) is 0 Å². The Morgan fingerprint density at radius 3 is 2.55 bits per heavy atom. The van der Waals surface area contributed by atoms with Gasteiger partial charge in [0.1, 0.15) is 5.60 Å². The van der Waals surface area contributed by atoms with E-state index in [2.05, 4.69) is 5.32 Å². The number of carbonyl (C=O) groups is 1. The molecule has 0 aromatic heterocycles. The van der Waals surface area contributed by atoms with Crippen molar-refractivity contribution in [2.24, 2.45) is 0 Å². The molecule has 0 spiro atoms. The molecule has 2 fully saturated rings. The normalized spacial score (nSPS) is 25.2. The van der Waals surface area contributed by atoms with Crippen molar-refractivity contribution in [2.45, 2.75) is 38.6 Å². The van der Waals surface area contributed by atoms with Gasteiger partial charge in [0.25, 0.3) is 0 Å². The molecule has 0 saturated carbocycles. The maximum absolute atomic E-state index is 12.0. The molecule has 20 heavy (non-hydrogen) atoms. The van der Waals surface area contributed by atoms with Crippen LogP contribution in [0.5, 0.6) is 0 Å². The van der Waals surface area contributed by atoms with Crippen LogP contribution in [-0.2, 0) is 14.0 Å². The number of carbonyl (C=O) groups excluding carboxylic acids is 1. The van der Waals surface area contributed by atoms with Gasteiger partial charge in [0.15, 0.2) is 0 Å². The topological polar surface area (TPSA) is 60.0 Å². The fourth-order valence-electron chi connectivity index (χ4n) is 2.44. The second-order valence-corrected chi connectivity index (χ2v) is 6.34. The van der Waals surface area contributed by atoms with Crippen LogP contribution in [0.15, 0.2) is 0 Å². The standard InChI is InChI=1S/C13H25BN2O4/c1-13(2,3)20-12(17)16-7-4-11(10-16)14-18-8-5-15-6-9-19-14/h11,15H,4-10H2,1-3H3. The number of nitrogens with one attached hydrogen (secondary N) is 1. The van der Waals surface area contributed by atoms with Gasteiger partial charge in [-0.15, -0.1) is 0 Å². The van der Waals surface area contributed by atoms with Gasteiger partial charge < -0.3 is 24.3 Å². The molecule has 2 rings (SSSR count). The third-order valence-electron chi connectivity index (χ3n) is 3.38. The lowest BCUT2D eigenvalue weighted by atomic mass is 9.71. The Balaban J connectivity index is 1.83. The molecule has 1 N–H and O–H groups in total. The van der Waals surface area contributed by atoms with Crippen LogP contribution in [-0.4, -0.2) is 63.1 Å². The van der Waals surface area contributed by atoms with E-state index >= 15 is 0 Å². The minimum Gasteiger partial charge on any atom is -0.444 e. The summed E-state index contributed by atoms with van der Waals surface area (Å²) in [6.45, 7) is 9.99. The fraction of sp³-hybridized carbons (Fsp3) is 0.923. The summed E-state index contributed by atoms with van der Waals surface area (Å²) in [5.41, 5.74) is -0.450. The van der Waals surface area contributed by atoms with E-state index in [9.17, 15) is 4.79 Å². The summed E-state index contributed by atoms with van der Waals surface area (Å²) >= 11 is 0. The zero-order chi connectivity index (χ0) is 14.6. The van der Waals surface area contributed by atoms with Gasteiger partial charge in [0.2, 0.25) is 0 Å². The lowest BCUT2D eigenvalue weighted by Gasteiger charge is -2.25. The maximum Gasteiger partial charge on any atom is 0.462 e. The molecule has 1 amide bonds.